The maximum Gasteiger partial charge on any atom is 0.245 e. The van der Waals surface area contributed by atoms with Gasteiger partial charge in [-0.05, 0) is 30.5 Å². The van der Waals surface area contributed by atoms with Crippen molar-refractivity contribution in [3.8, 4) is 0 Å². The topological polar surface area (TPSA) is 129 Å². The van der Waals surface area contributed by atoms with E-state index < -0.39 is 22.6 Å². The Morgan fingerprint density at radius 3 is 2.68 bits per heavy atom. The van der Waals surface area contributed by atoms with Gasteiger partial charge >= 0.3 is 0 Å². The molecule has 2 aromatic carbocycles. The van der Waals surface area contributed by atoms with Crippen LogP contribution in [0.25, 0.3) is 11.0 Å². The second kappa shape index (κ2) is 9.46. The average molecular weight is 521 g/mol. The van der Waals surface area contributed by atoms with Crippen molar-refractivity contribution in [3.05, 3.63) is 60.2 Å². The van der Waals surface area contributed by atoms with Crippen molar-refractivity contribution in [2.24, 2.45) is 11.8 Å². The number of nitrogens with zero attached hydrogens (tertiary/aromatic N) is 4. The van der Waals surface area contributed by atoms with Crippen LogP contribution in [-0.4, -0.2) is 71.9 Å². The number of carbonyl (C=O) groups excluding carboxylic acids is 3. The fraction of sp³-hybridized carbons (Fsp3) is 0.423. The lowest BCUT2D eigenvalue weighted by Crippen LogP contribution is -2.54. The molecule has 11 heteroatoms. The van der Waals surface area contributed by atoms with E-state index in [1.165, 1.54) is 4.90 Å². The molecule has 3 aliphatic heterocycles. The number of aliphatic hydroxyl groups is 1. The quantitative estimate of drug-likeness (QED) is 0.403. The molecule has 1 spiro atoms. The number of aliphatic hydroxyl groups excluding tert-OH is 1. The Morgan fingerprint density at radius 1 is 1.08 bits per heavy atom. The summed E-state index contributed by atoms with van der Waals surface area (Å²) in [5.41, 5.74) is 2.50. The van der Waals surface area contributed by atoms with Crippen molar-refractivity contribution in [2.45, 2.75) is 42.1 Å². The summed E-state index contributed by atoms with van der Waals surface area (Å²) in [5, 5.41) is 23.9. The first-order valence-electron chi connectivity index (χ1n) is 12.5. The number of carbonyl (C=O) groups is 3. The summed E-state index contributed by atoms with van der Waals surface area (Å²) in [6.07, 6.45) is 1.44. The molecule has 3 N–H and O–H groups in total. The van der Waals surface area contributed by atoms with Crippen LogP contribution < -0.4 is 10.6 Å². The second-order valence-corrected chi connectivity index (χ2v) is 11.4. The average Bonchev–Trinajstić information content (AvgIpc) is 3.66. The van der Waals surface area contributed by atoms with E-state index >= 15 is 0 Å². The number of hydrogen-bond acceptors (Lipinski definition) is 7. The van der Waals surface area contributed by atoms with Crippen molar-refractivity contribution in [1.29, 1.82) is 0 Å². The molecule has 6 rings (SSSR count). The molecule has 3 fully saturated rings. The van der Waals surface area contributed by atoms with E-state index in [-0.39, 0.29) is 42.8 Å². The van der Waals surface area contributed by atoms with Gasteiger partial charge in [0.1, 0.15) is 18.2 Å². The van der Waals surface area contributed by atoms with Crippen LogP contribution in [-0.2, 0) is 27.6 Å². The van der Waals surface area contributed by atoms with Crippen molar-refractivity contribution in [3.63, 3.8) is 0 Å². The fourth-order valence-electron chi connectivity index (χ4n) is 6.29. The SMILES string of the molecule is O=C(NCn1nnc2ccccc21)C1N(CCO)C(=O)[C@@H]2[C@H](C(=O)NCc3ccccc3)[C@@H]3CCC12S3. The van der Waals surface area contributed by atoms with Gasteiger partial charge in [-0.3, -0.25) is 14.4 Å². The Morgan fingerprint density at radius 2 is 1.86 bits per heavy atom. The molecule has 1 aromatic heterocycles. The van der Waals surface area contributed by atoms with Gasteiger partial charge < -0.3 is 20.6 Å². The van der Waals surface area contributed by atoms with E-state index in [0.717, 1.165) is 23.0 Å². The number of hydrogen-bond donors (Lipinski definition) is 3. The Hall–Kier alpha value is -3.44. The molecular formula is C26H28N6O4S. The number of rotatable bonds is 8. The molecule has 3 aliphatic rings. The minimum atomic E-state index is -0.770. The van der Waals surface area contributed by atoms with Crippen molar-refractivity contribution >= 4 is 40.5 Å². The summed E-state index contributed by atoms with van der Waals surface area (Å²) < 4.78 is 0.912. The smallest absolute Gasteiger partial charge is 0.245 e. The van der Waals surface area contributed by atoms with Gasteiger partial charge in [0, 0.05) is 18.3 Å². The minimum Gasteiger partial charge on any atom is -0.395 e. The minimum absolute atomic E-state index is 0.0180. The summed E-state index contributed by atoms with van der Waals surface area (Å²) in [6.45, 7) is 0.278. The molecule has 37 heavy (non-hydrogen) atoms. The van der Waals surface area contributed by atoms with Crippen LogP contribution in [0.4, 0.5) is 0 Å². The van der Waals surface area contributed by atoms with Gasteiger partial charge in [-0.25, -0.2) is 4.68 Å². The molecule has 0 radical (unpaired) electrons. The van der Waals surface area contributed by atoms with Crippen LogP contribution in [0.15, 0.2) is 54.6 Å². The number of nitrogens with one attached hydrogen (secondary N) is 2. The van der Waals surface area contributed by atoms with E-state index in [4.69, 9.17) is 0 Å². The molecule has 2 unspecified atom stereocenters. The zero-order valence-electron chi connectivity index (χ0n) is 20.1. The Balaban J connectivity index is 1.23. The normalized spacial score (nSPS) is 28.0. The number of amides is 3. The second-order valence-electron chi connectivity index (χ2n) is 9.79. The Bertz CT molecular complexity index is 1350. The van der Waals surface area contributed by atoms with Crippen LogP contribution in [0.5, 0.6) is 0 Å². The molecule has 192 valence electrons. The van der Waals surface area contributed by atoms with E-state index in [0.29, 0.717) is 13.0 Å². The van der Waals surface area contributed by atoms with Crippen molar-refractivity contribution in [2.75, 3.05) is 13.2 Å². The van der Waals surface area contributed by atoms with Crippen LogP contribution in [0.3, 0.4) is 0 Å². The molecule has 0 aliphatic carbocycles. The first kappa shape index (κ1) is 23.9. The van der Waals surface area contributed by atoms with Crippen molar-refractivity contribution < 1.29 is 19.5 Å². The predicted octanol–water partition coefficient (Wildman–Crippen LogP) is 0.905. The number of para-hydroxylation sites is 1. The molecule has 2 bridgehead atoms. The molecule has 0 saturated carbocycles. The fourth-order valence-corrected chi connectivity index (χ4v) is 8.51. The number of fused-ring (bicyclic) bond motifs is 2. The summed E-state index contributed by atoms with van der Waals surface area (Å²) >= 11 is 1.60. The van der Waals surface area contributed by atoms with Crippen molar-refractivity contribution in [1.82, 2.24) is 30.5 Å². The zero-order chi connectivity index (χ0) is 25.6. The molecule has 4 heterocycles. The van der Waals surface area contributed by atoms with Gasteiger partial charge in [-0.1, -0.05) is 47.7 Å². The third-order valence-corrected chi connectivity index (χ3v) is 9.78. The largest absolute Gasteiger partial charge is 0.395 e. The lowest BCUT2D eigenvalue weighted by atomic mass is 9.70. The molecule has 3 aromatic rings. The first-order chi connectivity index (χ1) is 18.0. The van der Waals surface area contributed by atoms with E-state index in [9.17, 15) is 19.5 Å². The lowest BCUT2D eigenvalue weighted by molar-refractivity contribution is -0.140. The van der Waals surface area contributed by atoms with E-state index in [2.05, 4.69) is 20.9 Å². The van der Waals surface area contributed by atoms with Gasteiger partial charge in [0.15, 0.2) is 0 Å². The van der Waals surface area contributed by atoms with Gasteiger partial charge in [0.2, 0.25) is 17.7 Å². The van der Waals surface area contributed by atoms with E-state index in [1.54, 1.807) is 16.4 Å². The summed E-state index contributed by atoms with van der Waals surface area (Å²) in [6, 6.07) is 16.4. The number of β-amino-alcohol motifs (C(OH)–C–C–N with tert-alkyl or cyclic N) is 1. The molecule has 5 atom stereocenters. The molecule has 3 amide bonds. The first-order valence-corrected chi connectivity index (χ1v) is 13.4. The molecule has 10 nitrogen and oxygen atoms in total. The van der Waals surface area contributed by atoms with Gasteiger partial charge in [-0.15, -0.1) is 16.9 Å². The highest BCUT2D eigenvalue weighted by Crippen LogP contribution is 2.66. The number of benzene rings is 2. The van der Waals surface area contributed by atoms with E-state index in [1.807, 2.05) is 54.6 Å². The number of likely N-dealkylation sites (tertiary alicyclic amines) is 1. The van der Waals surface area contributed by atoms with Crippen LogP contribution in [0.1, 0.15) is 18.4 Å². The zero-order valence-corrected chi connectivity index (χ0v) is 20.9. The van der Waals surface area contributed by atoms with Crippen LogP contribution >= 0.6 is 11.8 Å². The highest BCUT2D eigenvalue weighted by molar-refractivity contribution is 8.02. The Kier molecular flexibility index (Phi) is 6.12. The van der Waals surface area contributed by atoms with Gasteiger partial charge in [0.25, 0.3) is 0 Å². The highest BCUT2D eigenvalue weighted by Gasteiger charge is 2.73. The maximum absolute atomic E-state index is 13.7. The number of aromatic nitrogens is 3. The maximum atomic E-state index is 13.7. The van der Waals surface area contributed by atoms with Gasteiger partial charge in [0.05, 0.1) is 28.7 Å². The monoisotopic (exact) mass is 520 g/mol. The Labute approximate surface area is 217 Å². The predicted molar refractivity (Wildman–Crippen MR) is 137 cm³/mol. The molecular weight excluding hydrogens is 492 g/mol. The van der Waals surface area contributed by atoms with Crippen LogP contribution in [0.2, 0.25) is 0 Å². The molecule has 3 saturated heterocycles. The van der Waals surface area contributed by atoms with Gasteiger partial charge in [-0.2, -0.15) is 0 Å². The lowest BCUT2D eigenvalue weighted by Gasteiger charge is -2.34. The summed E-state index contributed by atoms with van der Waals surface area (Å²) in [4.78, 5) is 42.2. The third-order valence-electron chi connectivity index (χ3n) is 7.82. The highest BCUT2D eigenvalue weighted by atomic mass is 32.2. The standard InChI is InChI=1S/C26H28N6O4S/c33-13-12-31-22(24(35)28-15-32-18-9-5-4-8-17(18)29-30-32)26-11-10-19(37-26)20(21(26)25(31)36)23(34)27-14-16-6-2-1-3-7-16/h1-9,19-22,33H,10-15H2,(H,27,34)(H,28,35)/t19-,20+,21-,22?,26?/m0/s1. The summed E-state index contributed by atoms with van der Waals surface area (Å²) in [5.74, 6) is -1.78. The summed E-state index contributed by atoms with van der Waals surface area (Å²) in [7, 11) is 0. The number of thioether (sulfide) groups is 1. The van der Waals surface area contributed by atoms with Crippen LogP contribution in [0, 0.1) is 11.8 Å². The third kappa shape index (κ3) is 3.88.